The fourth-order valence-electron chi connectivity index (χ4n) is 2.31. The van der Waals surface area contributed by atoms with Gasteiger partial charge in [-0.1, -0.05) is 36.9 Å². The minimum Gasteiger partial charge on any atom is -0.300 e. The van der Waals surface area contributed by atoms with Crippen molar-refractivity contribution in [2.24, 2.45) is 5.92 Å². The second kappa shape index (κ2) is 7.91. The summed E-state index contributed by atoms with van der Waals surface area (Å²) in [5, 5.41) is 11.6. The van der Waals surface area contributed by atoms with Crippen LogP contribution < -0.4 is 5.32 Å². The molecule has 1 aliphatic heterocycles. The molecule has 130 valence electrons. The maximum absolute atomic E-state index is 12.4. The molecule has 7 nitrogen and oxygen atoms in total. The first-order chi connectivity index (χ1) is 10.8. The summed E-state index contributed by atoms with van der Waals surface area (Å²) in [5.74, 6) is -0.457. The van der Waals surface area contributed by atoms with Gasteiger partial charge in [0.25, 0.3) is 0 Å². The molecule has 0 aliphatic carbocycles. The van der Waals surface area contributed by atoms with Gasteiger partial charge in [-0.15, -0.1) is 10.2 Å². The summed E-state index contributed by atoms with van der Waals surface area (Å²) in [6.07, 6.45) is 1.38. The molecule has 1 amide bonds. The highest BCUT2D eigenvalue weighted by atomic mass is 32.2. The van der Waals surface area contributed by atoms with Gasteiger partial charge in [-0.2, -0.15) is 0 Å². The van der Waals surface area contributed by atoms with E-state index >= 15 is 0 Å². The smallest absolute Gasteiger partial charge is 0.230 e. The fourth-order valence-corrected chi connectivity index (χ4v) is 5.47. The molecule has 0 spiro atoms. The van der Waals surface area contributed by atoms with Crippen molar-refractivity contribution in [3.05, 3.63) is 0 Å². The van der Waals surface area contributed by atoms with Crippen LogP contribution in [0.15, 0.2) is 4.34 Å². The Morgan fingerprint density at radius 3 is 2.87 bits per heavy atom. The molecule has 2 heterocycles. The molecule has 0 saturated carbocycles. The predicted molar refractivity (Wildman–Crippen MR) is 93.3 cm³/mol. The lowest BCUT2D eigenvalue weighted by atomic mass is 9.99. The molecule has 0 radical (unpaired) electrons. The SMILES string of the molecule is CCS(=O)(=O)N1CCC[C@H](C(=O)Nc2nnc(SC(C)C)s2)C1. The van der Waals surface area contributed by atoms with Crippen LogP contribution in [0.5, 0.6) is 0 Å². The van der Waals surface area contributed by atoms with Gasteiger partial charge in [0.2, 0.25) is 21.1 Å². The molecule has 1 N–H and O–H groups in total. The highest BCUT2D eigenvalue weighted by molar-refractivity contribution is 8.01. The molecule has 0 bridgehead atoms. The zero-order valence-corrected chi connectivity index (χ0v) is 15.9. The lowest BCUT2D eigenvalue weighted by molar-refractivity contribution is -0.120. The lowest BCUT2D eigenvalue weighted by Gasteiger charge is -2.30. The highest BCUT2D eigenvalue weighted by Gasteiger charge is 2.31. The third-order valence-electron chi connectivity index (χ3n) is 3.49. The average Bonchev–Trinajstić information content (AvgIpc) is 2.93. The summed E-state index contributed by atoms with van der Waals surface area (Å²) in [6.45, 7) is 6.49. The van der Waals surface area contributed by atoms with Crippen molar-refractivity contribution < 1.29 is 13.2 Å². The van der Waals surface area contributed by atoms with E-state index in [2.05, 4.69) is 29.4 Å². The summed E-state index contributed by atoms with van der Waals surface area (Å²) < 4.78 is 26.1. The number of sulfonamides is 1. The molecule has 1 fully saturated rings. The van der Waals surface area contributed by atoms with E-state index in [1.54, 1.807) is 18.7 Å². The van der Waals surface area contributed by atoms with E-state index in [1.807, 2.05) is 0 Å². The van der Waals surface area contributed by atoms with Gasteiger partial charge in [-0.3, -0.25) is 4.79 Å². The van der Waals surface area contributed by atoms with Crippen LogP contribution in [0.1, 0.15) is 33.6 Å². The maximum atomic E-state index is 12.4. The second-order valence-electron chi connectivity index (χ2n) is 5.63. The number of carbonyl (C=O) groups excluding carboxylic acids is 1. The summed E-state index contributed by atoms with van der Waals surface area (Å²) >= 11 is 2.94. The van der Waals surface area contributed by atoms with Gasteiger partial charge in [-0.25, -0.2) is 12.7 Å². The van der Waals surface area contributed by atoms with E-state index in [9.17, 15) is 13.2 Å². The van der Waals surface area contributed by atoms with E-state index in [0.29, 0.717) is 29.8 Å². The number of piperidine rings is 1. The minimum absolute atomic E-state index is 0.0630. The standard InChI is InChI=1S/C13H22N4O3S3/c1-4-23(19,20)17-7-5-6-10(8-17)11(18)14-12-15-16-13(22-12)21-9(2)3/h9-10H,4-8H2,1-3H3,(H,14,15,18)/t10-/m0/s1. The first-order valence-electron chi connectivity index (χ1n) is 7.60. The van der Waals surface area contributed by atoms with Crippen LogP contribution in [0.25, 0.3) is 0 Å². The Kier molecular flexibility index (Phi) is 6.40. The Morgan fingerprint density at radius 2 is 2.22 bits per heavy atom. The average molecular weight is 379 g/mol. The Hall–Kier alpha value is -0.710. The Morgan fingerprint density at radius 1 is 1.48 bits per heavy atom. The Bertz CT molecular complexity index is 645. The van der Waals surface area contributed by atoms with Crippen LogP contribution in [0.3, 0.4) is 0 Å². The Balaban J connectivity index is 1.96. The maximum Gasteiger partial charge on any atom is 0.230 e. The largest absolute Gasteiger partial charge is 0.300 e. The summed E-state index contributed by atoms with van der Waals surface area (Å²) in [6, 6.07) is 0. The zero-order valence-electron chi connectivity index (χ0n) is 13.5. The van der Waals surface area contributed by atoms with Crippen molar-refractivity contribution in [3.8, 4) is 0 Å². The lowest BCUT2D eigenvalue weighted by Crippen LogP contribution is -2.44. The van der Waals surface area contributed by atoms with E-state index in [1.165, 1.54) is 15.6 Å². The number of anilines is 1. The van der Waals surface area contributed by atoms with Gasteiger partial charge in [-0.05, 0) is 19.8 Å². The van der Waals surface area contributed by atoms with Gasteiger partial charge in [0.05, 0.1) is 11.7 Å². The molecule has 1 aromatic heterocycles. The van der Waals surface area contributed by atoms with Crippen molar-refractivity contribution >= 4 is 44.2 Å². The van der Waals surface area contributed by atoms with Gasteiger partial charge < -0.3 is 5.32 Å². The van der Waals surface area contributed by atoms with Crippen LogP contribution in [0, 0.1) is 5.92 Å². The number of nitrogens with one attached hydrogen (secondary N) is 1. The van der Waals surface area contributed by atoms with Crippen LogP contribution in [-0.4, -0.2) is 52.9 Å². The van der Waals surface area contributed by atoms with Crippen LogP contribution in [-0.2, 0) is 14.8 Å². The minimum atomic E-state index is -3.25. The number of hydrogen-bond donors (Lipinski definition) is 1. The molecule has 1 aliphatic rings. The molecule has 23 heavy (non-hydrogen) atoms. The number of amides is 1. The molecule has 0 aromatic carbocycles. The molecule has 1 saturated heterocycles. The summed E-state index contributed by atoms with van der Waals surface area (Å²) in [7, 11) is -3.25. The quantitative estimate of drug-likeness (QED) is 0.601. The van der Waals surface area contributed by atoms with Crippen molar-refractivity contribution in [2.75, 3.05) is 24.2 Å². The van der Waals surface area contributed by atoms with Gasteiger partial charge >= 0.3 is 0 Å². The third-order valence-corrected chi connectivity index (χ3v) is 7.26. The van der Waals surface area contributed by atoms with E-state index in [4.69, 9.17) is 0 Å². The molecule has 1 atom stereocenters. The van der Waals surface area contributed by atoms with E-state index < -0.39 is 10.0 Å². The topological polar surface area (TPSA) is 92.3 Å². The van der Waals surface area contributed by atoms with Gasteiger partial charge in [0.15, 0.2) is 4.34 Å². The molecular formula is C13H22N4O3S3. The first-order valence-corrected chi connectivity index (χ1v) is 10.9. The number of hydrogen-bond acceptors (Lipinski definition) is 7. The van der Waals surface area contributed by atoms with Crippen molar-refractivity contribution in [1.29, 1.82) is 0 Å². The van der Waals surface area contributed by atoms with Crippen molar-refractivity contribution in [2.45, 2.75) is 43.2 Å². The number of nitrogens with zero attached hydrogens (tertiary/aromatic N) is 3. The third kappa shape index (κ3) is 5.13. The monoisotopic (exact) mass is 378 g/mol. The molecular weight excluding hydrogens is 356 g/mol. The molecule has 1 aromatic rings. The van der Waals surface area contributed by atoms with Crippen molar-refractivity contribution in [1.82, 2.24) is 14.5 Å². The number of thioether (sulfide) groups is 1. The molecule has 2 rings (SSSR count). The van der Waals surface area contributed by atoms with Gasteiger partial charge in [0.1, 0.15) is 0 Å². The second-order valence-corrected chi connectivity index (χ2v) is 10.7. The molecule has 10 heteroatoms. The van der Waals surface area contributed by atoms with Crippen LogP contribution >= 0.6 is 23.1 Å². The van der Waals surface area contributed by atoms with E-state index in [0.717, 1.165) is 4.34 Å². The van der Waals surface area contributed by atoms with Crippen LogP contribution in [0.2, 0.25) is 0 Å². The summed E-state index contributed by atoms with van der Waals surface area (Å²) in [5.41, 5.74) is 0. The number of rotatable bonds is 6. The normalized spacial score (nSPS) is 19.9. The first kappa shape index (κ1) is 18.6. The molecule has 0 unspecified atom stereocenters. The highest BCUT2D eigenvalue weighted by Crippen LogP contribution is 2.29. The summed E-state index contributed by atoms with van der Waals surface area (Å²) in [4.78, 5) is 12.4. The fraction of sp³-hybridized carbons (Fsp3) is 0.769. The van der Waals surface area contributed by atoms with Crippen LogP contribution in [0.4, 0.5) is 5.13 Å². The van der Waals surface area contributed by atoms with Crippen molar-refractivity contribution in [3.63, 3.8) is 0 Å². The Labute approximate surface area is 145 Å². The van der Waals surface area contributed by atoms with Gasteiger partial charge in [0, 0.05) is 18.3 Å². The number of carbonyl (C=O) groups is 1. The predicted octanol–water partition coefficient (Wildman–Crippen LogP) is 2.04. The van der Waals surface area contributed by atoms with E-state index in [-0.39, 0.29) is 24.1 Å². The number of aromatic nitrogens is 2. The zero-order chi connectivity index (χ0) is 17.0.